The van der Waals surface area contributed by atoms with Gasteiger partial charge >= 0.3 is 0 Å². The standard InChI is InChI=1S/C24H18BrFN2O3/c1-14(28-23(30)17-9-5-6-10-18(17)24(28)31)22(29)27-21(15-7-3-2-4-8-15)19-12-11-16(25)13-20(19)26/h2-14,21H,1H3,(H,27,29). The van der Waals surface area contributed by atoms with Crippen LogP contribution in [0, 0.1) is 5.82 Å². The third-order valence-electron chi connectivity index (χ3n) is 5.29. The van der Waals surface area contributed by atoms with Crippen LogP contribution in [0.25, 0.3) is 0 Å². The normalized spacial score (nSPS) is 14.9. The lowest BCUT2D eigenvalue weighted by molar-refractivity contribution is -0.125. The number of imide groups is 1. The van der Waals surface area contributed by atoms with Crippen LogP contribution in [0.2, 0.25) is 0 Å². The van der Waals surface area contributed by atoms with Crippen molar-refractivity contribution in [3.05, 3.63) is 105 Å². The molecule has 0 bridgehead atoms. The summed E-state index contributed by atoms with van der Waals surface area (Å²) in [4.78, 5) is 39.5. The van der Waals surface area contributed by atoms with Crippen LogP contribution >= 0.6 is 15.9 Å². The summed E-state index contributed by atoms with van der Waals surface area (Å²) in [5.74, 6) is -2.09. The fourth-order valence-electron chi connectivity index (χ4n) is 3.66. The number of hydrogen-bond acceptors (Lipinski definition) is 3. The fourth-order valence-corrected chi connectivity index (χ4v) is 3.99. The molecule has 1 heterocycles. The molecule has 0 spiro atoms. The van der Waals surface area contributed by atoms with Gasteiger partial charge in [-0.2, -0.15) is 0 Å². The number of nitrogens with one attached hydrogen (secondary N) is 1. The van der Waals surface area contributed by atoms with E-state index in [1.807, 2.05) is 6.07 Å². The molecule has 0 aromatic heterocycles. The minimum atomic E-state index is -1.07. The van der Waals surface area contributed by atoms with Crippen LogP contribution in [0.1, 0.15) is 44.8 Å². The van der Waals surface area contributed by atoms with Crippen molar-refractivity contribution in [2.75, 3.05) is 0 Å². The molecule has 1 aliphatic rings. The molecule has 0 radical (unpaired) electrons. The lowest BCUT2D eigenvalue weighted by Crippen LogP contribution is -2.48. The molecule has 31 heavy (non-hydrogen) atoms. The number of benzene rings is 3. The van der Waals surface area contributed by atoms with Gasteiger partial charge in [0.2, 0.25) is 5.91 Å². The van der Waals surface area contributed by atoms with Crippen molar-refractivity contribution in [2.45, 2.75) is 19.0 Å². The molecule has 2 atom stereocenters. The number of rotatable bonds is 5. The Kier molecular flexibility index (Phi) is 5.69. The van der Waals surface area contributed by atoms with Crippen LogP contribution in [0.5, 0.6) is 0 Å². The van der Waals surface area contributed by atoms with E-state index >= 15 is 0 Å². The quantitative estimate of drug-likeness (QED) is 0.547. The topological polar surface area (TPSA) is 66.5 Å². The zero-order valence-corrected chi connectivity index (χ0v) is 18.1. The third-order valence-corrected chi connectivity index (χ3v) is 5.78. The first-order valence-electron chi connectivity index (χ1n) is 9.65. The zero-order chi connectivity index (χ0) is 22.1. The summed E-state index contributed by atoms with van der Waals surface area (Å²) in [7, 11) is 0. The molecular weight excluding hydrogens is 463 g/mol. The molecule has 4 rings (SSSR count). The van der Waals surface area contributed by atoms with Crippen LogP contribution in [0.4, 0.5) is 4.39 Å². The van der Waals surface area contributed by atoms with Gasteiger partial charge in [0, 0.05) is 10.0 Å². The molecule has 2 unspecified atom stereocenters. The number of fused-ring (bicyclic) bond motifs is 1. The average molecular weight is 481 g/mol. The summed E-state index contributed by atoms with van der Waals surface area (Å²) in [6.45, 7) is 1.48. The van der Waals surface area contributed by atoms with Crippen molar-refractivity contribution in [3.63, 3.8) is 0 Å². The smallest absolute Gasteiger partial charge is 0.262 e. The molecule has 1 aliphatic heterocycles. The monoisotopic (exact) mass is 480 g/mol. The third kappa shape index (κ3) is 3.88. The SMILES string of the molecule is CC(C(=O)NC(c1ccccc1)c1ccc(Br)cc1F)N1C(=O)c2ccccc2C1=O. The summed E-state index contributed by atoms with van der Waals surface area (Å²) in [6.07, 6.45) is 0. The van der Waals surface area contributed by atoms with Gasteiger partial charge in [0.15, 0.2) is 0 Å². The van der Waals surface area contributed by atoms with E-state index in [2.05, 4.69) is 21.2 Å². The van der Waals surface area contributed by atoms with Crippen molar-refractivity contribution in [1.29, 1.82) is 0 Å². The Hall–Kier alpha value is -3.32. The van der Waals surface area contributed by atoms with Crippen LogP contribution < -0.4 is 5.32 Å². The molecule has 3 aromatic carbocycles. The predicted molar refractivity (Wildman–Crippen MR) is 117 cm³/mol. The largest absolute Gasteiger partial charge is 0.343 e. The van der Waals surface area contributed by atoms with Crippen LogP contribution in [0.3, 0.4) is 0 Å². The zero-order valence-electron chi connectivity index (χ0n) is 16.5. The minimum absolute atomic E-state index is 0.269. The summed E-state index contributed by atoms with van der Waals surface area (Å²) < 4.78 is 15.3. The summed E-state index contributed by atoms with van der Waals surface area (Å²) >= 11 is 3.24. The Morgan fingerprint density at radius 1 is 0.935 bits per heavy atom. The van der Waals surface area contributed by atoms with E-state index in [0.29, 0.717) is 10.0 Å². The molecule has 1 N–H and O–H groups in total. The molecule has 7 heteroatoms. The van der Waals surface area contributed by atoms with E-state index in [1.54, 1.807) is 60.7 Å². The average Bonchev–Trinajstić information content (AvgIpc) is 3.03. The highest BCUT2D eigenvalue weighted by atomic mass is 79.9. The maximum atomic E-state index is 14.7. The Bertz CT molecular complexity index is 1150. The summed E-state index contributed by atoms with van der Waals surface area (Å²) in [5, 5.41) is 2.81. The first-order valence-corrected chi connectivity index (χ1v) is 10.4. The first-order chi connectivity index (χ1) is 14.9. The highest BCUT2D eigenvalue weighted by Crippen LogP contribution is 2.28. The molecule has 0 aliphatic carbocycles. The van der Waals surface area contributed by atoms with E-state index in [4.69, 9.17) is 0 Å². The molecule has 156 valence electrons. The van der Waals surface area contributed by atoms with Gasteiger partial charge in [0.1, 0.15) is 11.9 Å². The second-order valence-corrected chi connectivity index (χ2v) is 8.14. The van der Waals surface area contributed by atoms with E-state index in [1.165, 1.54) is 13.0 Å². The maximum Gasteiger partial charge on any atom is 0.262 e. The number of nitrogens with zero attached hydrogens (tertiary/aromatic N) is 1. The minimum Gasteiger partial charge on any atom is -0.343 e. The number of hydrogen-bond donors (Lipinski definition) is 1. The van der Waals surface area contributed by atoms with Gasteiger partial charge in [-0.25, -0.2) is 4.39 Å². The number of carbonyl (C=O) groups excluding carboxylic acids is 3. The number of amides is 3. The molecule has 5 nitrogen and oxygen atoms in total. The molecular formula is C24H18BrFN2O3. The Morgan fingerprint density at radius 2 is 1.52 bits per heavy atom. The van der Waals surface area contributed by atoms with Gasteiger partial charge in [-0.3, -0.25) is 19.3 Å². The highest BCUT2D eigenvalue weighted by Gasteiger charge is 2.41. The van der Waals surface area contributed by atoms with Gasteiger partial charge in [0.25, 0.3) is 11.8 Å². The van der Waals surface area contributed by atoms with Gasteiger partial charge in [-0.05, 0) is 36.8 Å². The number of halogens is 2. The van der Waals surface area contributed by atoms with Crippen molar-refractivity contribution in [3.8, 4) is 0 Å². The van der Waals surface area contributed by atoms with Gasteiger partial charge in [-0.1, -0.05) is 64.5 Å². The Morgan fingerprint density at radius 3 is 2.10 bits per heavy atom. The molecule has 0 fully saturated rings. The lowest BCUT2D eigenvalue weighted by Gasteiger charge is -2.26. The van der Waals surface area contributed by atoms with Gasteiger partial charge < -0.3 is 5.32 Å². The van der Waals surface area contributed by atoms with E-state index in [9.17, 15) is 18.8 Å². The molecule has 3 aromatic rings. The van der Waals surface area contributed by atoms with Crippen molar-refractivity contribution in [1.82, 2.24) is 10.2 Å². The predicted octanol–water partition coefficient (Wildman–Crippen LogP) is 4.48. The first kappa shape index (κ1) is 20.9. The highest BCUT2D eigenvalue weighted by molar-refractivity contribution is 9.10. The molecule has 3 amide bonds. The van der Waals surface area contributed by atoms with Crippen molar-refractivity contribution in [2.24, 2.45) is 0 Å². The van der Waals surface area contributed by atoms with E-state index in [-0.39, 0.29) is 16.7 Å². The molecule has 0 saturated heterocycles. The van der Waals surface area contributed by atoms with E-state index in [0.717, 1.165) is 4.90 Å². The number of carbonyl (C=O) groups is 3. The summed E-state index contributed by atoms with van der Waals surface area (Å²) in [6, 6.07) is 18.1. The van der Waals surface area contributed by atoms with E-state index < -0.39 is 35.6 Å². The fraction of sp³-hybridized carbons (Fsp3) is 0.125. The van der Waals surface area contributed by atoms with Crippen LogP contribution in [-0.2, 0) is 4.79 Å². The van der Waals surface area contributed by atoms with Gasteiger partial charge in [0.05, 0.1) is 17.2 Å². The van der Waals surface area contributed by atoms with Crippen LogP contribution in [-0.4, -0.2) is 28.7 Å². The maximum absolute atomic E-state index is 14.7. The Labute approximate surface area is 187 Å². The van der Waals surface area contributed by atoms with Crippen molar-refractivity contribution < 1.29 is 18.8 Å². The molecule has 0 saturated carbocycles. The Balaban J connectivity index is 1.64. The second kappa shape index (κ2) is 8.43. The van der Waals surface area contributed by atoms with Crippen LogP contribution in [0.15, 0.2) is 77.3 Å². The van der Waals surface area contributed by atoms with Crippen molar-refractivity contribution >= 4 is 33.7 Å². The lowest BCUT2D eigenvalue weighted by atomic mass is 9.97. The van der Waals surface area contributed by atoms with Gasteiger partial charge in [-0.15, -0.1) is 0 Å². The second-order valence-electron chi connectivity index (χ2n) is 7.22. The summed E-state index contributed by atoms with van der Waals surface area (Å²) in [5.41, 5.74) is 1.49.